The maximum atomic E-state index is 5.16. The zero-order valence-corrected chi connectivity index (χ0v) is 8.57. The van der Waals surface area contributed by atoms with E-state index in [-0.39, 0.29) is 0 Å². The van der Waals surface area contributed by atoms with Crippen LogP contribution in [0.5, 0.6) is 0 Å². The molecular weight excluding hydrogens is 178 g/mol. The van der Waals surface area contributed by atoms with Crippen molar-refractivity contribution in [1.29, 1.82) is 0 Å². The zero-order valence-electron chi connectivity index (χ0n) is 8.57. The molecular formula is C10H17N3O. The summed E-state index contributed by atoms with van der Waals surface area (Å²) < 4.78 is 5.16. The van der Waals surface area contributed by atoms with Gasteiger partial charge < -0.3 is 14.6 Å². The molecule has 0 spiro atoms. The third-order valence-electron chi connectivity index (χ3n) is 2.67. The van der Waals surface area contributed by atoms with Crippen molar-refractivity contribution in [1.82, 2.24) is 15.2 Å². The molecule has 2 rings (SSSR count). The minimum absolute atomic E-state index is 0.596. The topological polar surface area (TPSA) is 41.3 Å². The van der Waals surface area contributed by atoms with Crippen LogP contribution in [0.2, 0.25) is 0 Å². The van der Waals surface area contributed by atoms with Gasteiger partial charge in [-0.05, 0) is 26.4 Å². The van der Waals surface area contributed by atoms with E-state index in [4.69, 9.17) is 4.42 Å². The third-order valence-corrected chi connectivity index (χ3v) is 2.67. The highest BCUT2D eigenvalue weighted by Crippen LogP contribution is 2.08. The fraction of sp³-hybridized carbons (Fsp3) is 0.700. The fourth-order valence-corrected chi connectivity index (χ4v) is 1.91. The Kier molecular flexibility index (Phi) is 3.16. The van der Waals surface area contributed by atoms with Gasteiger partial charge in [0.15, 0.2) is 6.39 Å². The van der Waals surface area contributed by atoms with Gasteiger partial charge in [0.25, 0.3) is 0 Å². The molecule has 1 N–H and O–H groups in total. The number of oxazole rings is 1. The average molecular weight is 195 g/mol. The molecule has 1 atom stereocenters. The van der Waals surface area contributed by atoms with Crippen LogP contribution >= 0.6 is 0 Å². The molecule has 0 amide bonds. The molecule has 1 saturated heterocycles. The Morgan fingerprint density at radius 2 is 2.64 bits per heavy atom. The fourth-order valence-electron chi connectivity index (χ4n) is 1.91. The van der Waals surface area contributed by atoms with E-state index in [0.29, 0.717) is 6.04 Å². The lowest BCUT2D eigenvalue weighted by atomic mass is 10.1. The molecule has 4 heteroatoms. The molecule has 1 fully saturated rings. The molecule has 0 bridgehead atoms. The Labute approximate surface area is 84.3 Å². The number of rotatable bonds is 3. The highest BCUT2D eigenvalue weighted by Gasteiger charge is 2.16. The average Bonchev–Trinajstić information content (AvgIpc) is 2.67. The summed E-state index contributed by atoms with van der Waals surface area (Å²) in [6.07, 6.45) is 5.78. The van der Waals surface area contributed by atoms with Crippen LogP contribution in [0, 0.1) is 0 Å². The van der Waals surface area contributed by atoms with E-state index in [2.05, 4.69) is 22.2 Å². The van der Waals surface area contributed by atoms with Gasteiger partial charge in [-0.1, -0.05) is 0 Å². The highest BCUT2D eigenvalue weighted by atomic mass is 16.3. The number of nitrogens with one attached hydrogen (secondary N) is 1. The highest BCUT2D eigenvalue weighted by molar-refractivity contribution is 4.89. The van der Waals surface area contributed by atoms with Gasteiger partial charge >= 0.3 is 0 Å². The second-order valence-electron chi connectivity index (χ2n) is 3.95. The van der Waals surface area contributed by atoms with Gasteiger partial charge in [-0.2, -0.15) is 0 Å². The quantitative estimate of drug-likeness (QED) is 0.776. The molecule has 0 saturated carbocycles. The third kappa shape index (κ3) is 2.56. The molecule has 14 heavy (non-hydrogen) atoms. The second kappa shape index (κ2) is 4.57. The molecule has 0 radical (unpaired) electrons. The standard InChI is InChI=1S/C10H17N3O/c1-13-4-2-3-9(7-13)12-6-10-5-11-8-14-10/h5,8-9,12H,2-4,6-7H2,1H3. The van der Waals surface area contributed by atoms with Crippen molar-refractivity contribution in [2.45, 2.75) is 25.4 Å². The van der Waals surface area contributed by atoms with Crippen LogP contribution < -0.4 is 5.32 Å². The van der Waals surface area contributed by atoms with Crippen molar-refractivity contribution in [3.63, 3.8) is 0 Å². The van der Waals surface area contributed by atoms with Crippen LogP contribution in [0.25, 0.3) is 0 Å². The van der Waals surface area contributed by atoms with Gasteiger partial charge in [-0.3, -0.25) is 0 Å². The molecule has 2 heterocycles. The number of hydrogen-bond acceptors (Lipinski definition) is 4. The van der Waals surface area contributed by atoms with Gasteiger partial charge in [0.2, 0.25) is 0 Å². The van der Waals surface area contributed by atoms with Gasteiger partial charge in [0.05, 0.1) is 12.7 Å². The number of nitrogens with zero attached hydrogens (tertiary/aromatic N) is 2. The number of piperidine rings is 1. The monoisotopic (exact) mass is 195 g/mol. The first-order valence-electron chi connectivity index (χ1n) is 5.14. The minimum Gasteiger partial charge on any atom is -0.447 e. The van der Waals surface area contributed by atoms with Crippen LogP contribution in [0.15, 0.2) is 17.0 Å². The summed E-state index contributed by atoms with van der Waals surface area (Å²) in [6, 6.07) is 0.596. The van der Waals surface area contributed by atoms with E-state index in [9.17, 15) is 0 Å². The van der Waals surface area contributed by atoms with Crippen LogP contribution in [0.4, 0.5) is 0 Å². The molecule has 1 aliphatic rings. The Bertz CT molecular complexity index is 260. The summed E-state index contributed by atoms with van der Waals surface area (Å²) in [5.74, 6) is 0.915. The molecule has 78 valence electrons. The largest absolute Gasteiger partial charge is 0.447 e. The van der Waals surface area contributed by atoms with Gasteiger partial charge in [0.1, 0.15) is 5.76 Å². The van der Waals surface area contributed by atoms with Crippen molar-refractivity contribution in [2.24, 2.45) is 0 Å². The molecule has 0 aliphatic carbocycles. The lowest BCUT2D eigenvalue weighted by molar-refractivity contribution is 0.224. The maximum absolute atomic E-state index is 5.16. The number of aromatic nitrogens is 1. The van der Waals surface area contributed by atoms with Gasteiger partial charge in [-0.25, -0.2) is 4.98 Å². The molecule has 1 aromatic rings. The van der Waals surface area contributed by atoms with Crippen LogP contribution in [0.3, 0.4) is 0 Å². The Balaban J connectivity index is 1.75. The van der Waals surface area contributed by atoms with Crippen molar-refractivity contribution >= 4 is 0 Å². The Morgan fingerprint density at radius 1 is 1.71 bits per heavy atom. The van der Waals surface area contributed by atoms with Crippen molar-refractivity contribution in [3.8, 4) is 0 Å². The number of likely N-dealkylation sites (N-methyl/N-ethyl adjacent to an activating group) is 1. The van der Waals surface area contributed by atoms with E-state index in [1.165, 1.54) is 25.8 Å². The van der Waals surface area contributed by atoms with Crippen molar-refractivity contribution in [3.05, 3.63) is 18.4 Å². The molecule has 1 aliphatic heterocycles. The molecule has 0 aromatic carbocycles. The van der Waals surface area contributed by atoms with E-state index in [0.717, 1.165) is 18.8 Å². The van der Waals surface area contributed by atoms with Crippen LogP contribution in [-0.2, 0) is 6.54 Å². The Morgan fingerprint density at radius 3 is 3.36 bits per heavy atom. The zero-order chi connectivity index (χ0) is 9.80. The SMILES string of the molecule is CN1CCCC(NCc2cnco2)C1. The summed E-state index contributed by atoms with van der Waals surface area (Å²) in [5, 5.41) is 3.48. The van der Waals surface area contributed by atoms with Crippen LogP contribution in [-0.4, -0.2) is 36.1 Å². The van der Waals surface area contributed by atoms with E-state index in [1.54, 1.807) is 6.20 Å². The lowest BCUT2D eigenvalue weighted by Gasteiger charge is -2.30. The Hall–Kier alpha value is -0.870. The summed E-state index contributed by atoms with van der Waals surface area (Å²) in [5.41, 5.74) is 0. The maximum Gasteiger partial charge on any atom is 0.180 e. The molecule has 4 nitrogen and oxygen atoms in total. The summed E-state index contributed by atoms with van der Waals surface area (Å²) in [4.78, 5) is 6.25. The first-order chi connectivity index (χ1) is 6.84. The number of hydrogen-bond donors (Lipinski definition) is 1. The molecule has 1 aromatic heterocycles. The molecule has 1 unspecified atom stereocenters. The van der Waals surface area contributed by atoms with Gasteiger partial charge in [-0.15, -0.1) is 0 Å². The predicted molar refractivity (Wildman–Crippen MR) is 53.9 cm³/mol. The van der Waals surface area contributed by atoms with E-state index < -0.39 is 0 Å². The van der Waals surface area contributed by atoms with E-state index >= 15 is 0 Å². The normalized spacial score (nSPS) is 23.9. The lowest BCUT2D eigenvalue weighted by Crippen LogP contribution is -2.43. The first kappa shape index (κ1) is 9.68. The second-order valence-corrected chi connectivity index (χ2v) is 3.95. The van der Waals surface area contributed by atoms with Crippen molar-refractivity contribution in [2.75, 3.05) is 20.1 Å². The van der Waals surface area contributed by atoms with Gasteiger partial charge in [0, 0.05) is 12.6 Å². The minimum atomic E-state index is 0.596. The van der Waals surface area contributed by atoms with E-state index in [1.807, 2.05) is 0 Å². The summed E-state index contributed by atoms with van der Waals surface area (Å²) in [6.45, 7) is 3.15. The van der Waals surface area contributed by atoms with Crippen LogP contribution in [0.1, 0.15) is 18.6 Å². The summed E-state index contributed by atoms with van der Waals surface area (Å²) in [7, 11) is 2.17. The predicted octanol–water partition coefficient (Wildman–Crippen LogP) is 0.858. The number of likely N-dealkylation sites (tertiary alicyclic amines) is 1. The summed E-state index contributed by atoms with van der Waals surface area (Å²) >= 11 is 0. The van der Waals surface area contributed by atoms with Crippen molar-refractivity contribution < 1.29 is 4.42 Å². The first-order valence-corrected chi connectivity index (χ1v) is 5.14. The smallest absolute Gasteiger partial charge is 0.180 e.